The highest BCUT2D eigenvalue weighted by Gasteiger charge is 1.30. The third-order valence-electron chi connectivity index (χ3n) is 0. The van der Waals surface area contributed by atoms with Gasteiger partial charge in [-0.2, -0.15) is 5.26 Å². The smallest absolute Gasteiger partial charge is 0.0906 e. The summed E-state index contributed by atoms with van der Waals surface area (Å²) in [6.45, 7) is 1.18. The van der Waals surface area contributed by atoms with Crippen molar-refractivity contribution in [1.29, 1.82) is 5.26 Å². The van der Waals surface area contributed by atoms with Crippen molar-refractivity contribution in [2.45, 2.75) is 6.92 Å². The summed E-state index contributed by atoms with van der Waals surface area (Å²) in [4.78, 5) is 0. The Bertz CT molecular complexity index is 40.7. The normalized spacial score (nSPS) is 3.71. The van der Waals surface area contributed by atoms with Gasteiger partial charge in [-0.1, -0.05) is 0 Å². The molecule has 0 unspecified atom stereocenters. The topological polar surface area (TPSA) is 102 Å². The van der Waals surface area contributed by atoms with E-state index in [1.807, 2.05) is 0 Å². The van der Waals surface area contributed by atoms with Crippen molar-refractivity contribution in [1.82, 2.24) is 0 Å². The molecule has 0 bridgehead atoms. The molecule has 44 valence electrons. The second-order valence-electron chi connectivity index (χ2n) is 0.406. The van der Waals surface area contributed by atoms with Crippen LogP contribution in [0.3, 0.4) is 0 Å². The fourth-order valence-corrected chi connectivity index (χ4v) is 0. The van der Waals surface area contributed by atoms with Crippen LogP contribution < -0.4 is 5.73 Å². The van der Waals surface area contributed by atoms with E-state index in [0.717, 1.165) is 0 Å². The van der Waals surface area contributed by atoms with Crippen LogP contribution in [0.1, 0.15) is 6.92 Å². The second-order valence-corrected chi connectivity index (χ2v) is 0.406. The molecule has 0 aliphatic rings. The molecule has 0 saturated carbocycles. The van der Waals surface area contributed by atoms with Crippen molar-refractivity contribution >= 4 is 0 Å². The van der Waals surface area contributed by atoms with Crippen molar-refractivity contribution in [2.75, 3.05) is 6.73 Å². The van der Waals surface area contributed by atoms with Crippen molar-refractivity contribution in [3.05, 3.63) is 0 Å². The maximum Gasteiger partial charge on any atom is 0.0906 e. The van der Waals surface area contributed by atoms with Gasteiger partial charge < -0.3 is 16.3 Å². The van der Waals surface area contributed by atoms with Crippen molar-refractivity contribution in [3.8, 4) is 6.07 Å². The van der Waals surface area contributed by atoms with Gasteiger partial charge in [-0.15, -0.1) is 0 Å². The highest BCUT2D eigenvalue weighted by Crippen LogP contribution is 1.21. The van der Waals surface area contributed by atoms with Gasteiger partial charge in [0.15, 0.2) is 0 Å². The molecule has 0 atom stereocenters. The molecular weight excluding hydrogens is 96.0 g/mol. The minimum atomic E-state index is -0.250. The molecule has 0 aliphatic heterocycles. The molecule has 0 amide bonds. The van der Waals surface area contributed by atoms with Gasteiger partial charge in [-0.3, -0.25) is 0 Å². The van der Waals surface area contributed by atoms with E-state index in [4.69, 9.17) is 10.4 Å². The van der Waals surface area contributed by atoms with Crippen LogP contribution >= 0.6 is 0 Å². The Kier molecular flexibility index (Phi) is 126. The number of hydrogen-bond acceptors (Lipinski definition) is 3. The van der Waals surface area contributed by atoms with Gasteiger partial charge in [0.05, 0.1) is 12.8 Å². The predicted octanol–water partition coefficient (Wildman–Crippen LogP) is -1.40. The predicted molar refractivity (Wildman–Crippen MR) is 26.2 cm³/mol. The lowest BCUT2D eigenvalue weighted by Crippen LogP contribution is -1.92. The lowest BCUT2D eigenvalue weighted by atomic mass is 11.0. The fraction of sp³-hybridized carbons (Fsp3) is 0.667. The molecule has 0 aromatic heterocycles. The summed E-state index contributed by atoms with van der Waals surface area (Å²) in [5.74, 6) is 0. The van der Waals surface area contributed by atoms with Crippen molar-refractivity contribution < 1.29 is 10.6 Å². The van der Waals surface area contributed by atoms with Crippen LogP contribution in [0.5, 0.6) is 0 Å². The van der Waals surface area contributed by atoms with Crippen molar-refractivity contribution in [2.24, 2.45) is 5.73 Å². The van der Waals surface area contributed by atoms with Gasteiger partial charge in [0.1, 0.15) is 0 Å². The number of nitrogens with two attached hydrogens (primary N) is 1. The van der Waals surface area contributed by atoms with Gasteiger partial charge >= 0.3 is 0 Å². The largest absolute Gasteiger partial charge is 0.412 e. The quantitative estimate of drug-likeness (QED) is 0.371. The van der Waals surface area contributed by atoms with E-state index in [1.165, 1.54) is 6.92 Å². The minimum absolute atomic E-state index is 0. The molecule has 0 fully saturated rings. The first kappa shape index (κ1) is 16.2. The average Bonchev–Trinajstić information content (AvgIpc) is 1.39. The maximum atomic E-state index is 7.35. The summed E-state index contributed by atoms with van der Waals surface area (Å²) in [6, 6.07) is 1.75. The zero-order chi connectivity index (χ0) is 5.41. The fourth-order valence-electron chi connectivity index (χ4n) is 0. The highest BCUT2D eigenvalue weighted by atomic mass is 16.3. The molecule has 4 heteroatoms. The molecule has 0 aliphatic carbocycles. The summed E-state index contributed by atoms with van der Waals surface area (Å²) in [5.41, 5.74) is 4.40. The second kappa shape index (κ2) is 54.6. The summed E-state index contributed by atoms with van der Waals surface area (Å²) < 4.78 is 0. The van der Waals surface area contributed by atoms with E-state index in [-0.39, 0.29) is 12.2 Å². The number of nitriles is 1. The van der Waals surface area contributed by atoms with Crippen LogP contribution in [0, 0.1) is 11.3 Å². The summed E-state index contributed by atoms with van der Waals surface area (Å²) >= 11 is 0. The van der Waals surface area contributed by atoms with Gasteiger partial charge in [0.25, 0.3) is 0 Å². The molecular formula is C3H10N2O2. The van der Waals surface area contributed by atoms with Crippen LogP contribution in [0.25, 0.3) is 0 Å². The molecule has 4 nitrogen and oxygen atoms in total. The average molecular weight is 106 g/mol. The number of aliphatic hydroxyl groups is 1. The van der Waals surface area contributed by atoms with E-state index < -0.39 is 0 Å². The van der Waals surface area contributed by atoms with Crippen LogP contribution in [-0.2, 0) is 0 Å². The molecule has 0 heterocycles. The molecule has 7 heavy (non-hydrogen) atoms. The maximum absolute atomic E-state index is 7.35. The van der Waals surface area contributed by atoms with Crippen LogP contribution in [0.2, 0.25) is 0 Å². The Balaban J connectivity index is -0.0000000400. The molecule has 0 aromatic rings. The molecule has 5 N–H and O–H groups in total. The molecule has 0 rings (SSSR count). The van der Waals surface area contributed by atoms with Gasteiger partial charge in [0.2, 0.25) is 0 Å². The lowest BCUT2D eigenvalue weighted by molar-refractivity contribution is 0.307. The standard InChI is InChI=1S/C2H3N.CH5NO.H2O/c1-2-3;2-1-3;/h1H3;3H,1-2H2;1H2. The van der Waals surface area contributed by atoms with E-state index >= 15 is 0 Å². The van der Waals surface area contributed by atoms with Crippen molar-refractivity contribution in [3.63, 3.8) is 0 Å². The molecule has 0 aromatic carbocycles. The molecule has 0 spiro atoms. The van der Waals surface area contributed by atoms with Crippen LogP contribution in [-0.4, -0.2) is 17.3 Å². The first-order chi connectivity index (χ1) is 2.83. The zero-order valence-corrected chi connectivity index (χ0v) is 4.18. The van der Waals surface area contributed by atoms with Gasteiger partial charge in [-0.25, -0.2) is 0 Å². The Morgan fingerprint density at radius 1 is 1.86 bits per heavy atom. The first-order valence-electron chi connectivity index (χ1n) is 1.45. The minimum Gasteiger partial charge on any atom is -0.412 e. The third kappa shape index (κ3) is 154. The van der Waals surface area contributed by atoms with Crippen LogP contribution in [0.15, 0.2) is 0 Å². The number of aliphatic hydroxyl groups excluding tert-OH is 1. The SMILES string of the molecule is CC#N.NCO.O. The van der Waals surface area contributed by atoms with Gasteiger partial charge in [0, 0.05) is 6.92 Å². The Hall–Kier alpha value is -0.630. The van der Waals surface area contributed by atoms with E-state index in [2.05, 4.69) is 5.73 Å². The van der Waals surface area contributed by atoms with Crippen LogP contribution in [0.4, 0.5) is 0 Å². The Morgan fingerprint density at radius 2 is 1.86 bits per heavy atom. The molecule has 0 radical (unpaired) electrons. The molecule has 0 saturated heterocycles. The zero-order valence-electron chi connectivity index (χ0n) is 4.18. The van der Waals surface area contributed by atoms with E-state index in [1.54, 1.807) is 6.07 Å². The lowest BCUT2D eigenvalue weighted by Gasteiger charge is -1.56. The first-order valence-corrected chi connectivity index (χ1v) is 1.45. The van der Waals surface area contributed by atoms with E-state index in [0.29, 0.717) is 0 Å². The Morgan fingerprint density at radius 3 is 1.86 bits per heavy atom. The summed E-state index contributed by atoms with van der Waals surface area (Å²) in [5, 5.41) is 14.7. The third-order valence-corrected chi connectivity index (χ3v) is 0. The van der Waals surface area contributed by atoms with E-state index in [9.17, 15) is 0 Å². The number of hydrogen-bond donors (Lipinski definition) is 2. The number of nitrogens with zero attached hydrogens (tertiary/aromatic N) is 1. The Labute approximate surface area is 42.5 Å². The monoisotopic (exact) mass is 106 g/mol. The highest BCUT2D eigenvalue weighted by molar-refractivity contribution is 4.51. The summed E-state index contributed by atoms with van der Waals surface area (Å²) in [7, 11) is 0. The number of rotatable bonds is 0. The van der Waals surface area contributed by atoms with Gasteiger partial charge in [-0.05, 0) is 0 Å². The summed E-state index contributed by atoms with van der Waals surface area (Å²) in [6.07, 6.45) is 0.